The van der Waals surface area contributed by atoms with E-state index < -0.39 is 36.4 Å². The highest BCUT2D eigenvalue weighted by molar-refractivity contribution is 7.13. The van der Waals surface area contributed by atoms with Crippen LogP contribution in [0.4, 0.5) is 4.79 Å². The molecule has 4 heterocycles. The van der Waals surface area contributed by atoms with Crippen LogP contribution in [0.3, 0.4) is 0 Å². The van der Waals surface area contributed by atoms with Crippen LogP contribution in [0.25, 0.3) is 10.8 Å². The van der Waals surface area contributed by atoms with Crippen LogP contribution in [-0.4, -0.2) is 41.0 Å². The van der Waals surface area contributed by atoms with Gasteiger partial charge in [0.05, 0.1) is 35.7 Å². The number of furan rings is 1. The van der Waals surface area contributed by atoms with Crippen LogP contribution in [0, 0.1) is 6.92 Å². The molecule has 0 bridgehead atoms. The normalized spacial score (nSPS) is 15.5. The van der Waals surface area contributed by atoms with Gasteiger partial charge in [-0.25, -0.2) is 14.4 Å². The van der Waals surface area contributed by atoms with Crippen LogP contribution >= 0.6 is 11.3 Å². The van der Waals surface area contributed by atoms with E-state index in [1.54, 1.807) is 38.1 Å². The quantitative estimate of drug-likeness (QED) is 0.419. The number of nitrogens with zero attached hydrogens (tertiary/aromatic N) is 2. The molecule has 0 saturated heterocycles. The fourth-order valence-corrected chi connectivity index (χ4v) is 4.02. The molecule has 0 radical (unpaired) electrons. The highest BCUT2D eigenvalue weighted by Gasteiger charge is 2.36. The Morgan fingerprint density at radius 3 is 2.71 bits per heavy atom. The fourth-order valence-electron chi connectivity index (χ4n) is 3.37. The van der Waals surface area contributed by atoms with Crippen molar-refractivity contribution in [1.29, 1.82) is 0 Å². The standard InChI is InChI=1S/C22H22N4O8S/c1-3-31-20(28)17-13(23-21(29)24-18(17)14-7-6-12(2)33-14)11-32-16(27)8-9-26-22(30)34-19(25-26)15-5-4-10-35-15/h4-7,10,18H,3,8-9,11H2,1-2H3,(H2,23,24,29)/t18-/m1/s1. The van der Waals surface area contributed by atoms with E-state index in [2.05, 4.69) is 15.7 Å². The fraction of sp³-hybridized carbons (Fsp3) is 0.318. The molecule has 184 valence electrons. The first-order valence-corrected chi connectivity index (χ1v) is 11.5. The molecule has 0 fully saturated rings. The van der Waals surface area contributed by atoms with E-state index in [0.717, 1.165) is 4.68 Å². The summed E-state index contributed by atoms with van der Waals surface area (Å²) in [4.78, 5) is 50.0. The maximum atomic E-state index is 12.7. The summed E-state index contributed by atoms with van der Waals surface area (Å²) >= 11 is 1.36. The minimum Gasteiger partial charge on any atom is -0.464 e. The molecule has 2 N–H and O–H groups in total. The van der Waals surface area contributed by atoms with Crippen molar-refractivity contribution < 1.29 is 32.7 Å². The monoisotopic (exact) mass is 502 g/mol. The van der Waals surface area contributed by atoms with Gasteiger partial charge in [-0.15, -0.1) is 16.4 Å². The Morgan fingerprint density at radius 1 is 1.20 bits per heavy atom. The summed E-state index contributed by atoms with van der Waals surface area (Å²) in [5.41, 5.74) is 0.125. The lowest BCUT2D eigenvalue weighted by molar-refractivity contribution is -0.144. The van der Waals surface area contributed by atoms with Crippen molar-refractivity contribution in [2.75, 3.05) is 13.2 Å². The number of amides is 2. The molecule has 0 spiro atoms. The molecule has 2 amide bonds. The van der Waals surface area contributed by atoms with E-state index in [4.69, 9.17) is 18.3 Å². The summed E-state index contributed by atoms with van der Waals surface area (Å²) in [7, 11) is 0. The molecular weight excluding hydrogens is 480 g/mol. The Bertz CT molecular complexity index is 1320. The number of aromatic nitrogens is 2. The number of urea groups is 1. The maximum Gasteiger partial charge on any atom is 0.437 e. The van der Waals surface area contributed by atoms with Crippen molar-refractivity contribution in [2.45, 2.75) is 32.9 Å². The van der Waals surface area contributed by atoms with Gasteiger partial charge in [0.15, 0.2) is 0 Å². The Morgan fingerprint density at radius 2 is 2.03 bits per heavy atom. The van der Waals surface area contributed by atoms with E-state index in [0.29, 0.717) is 16.4 Å². The third kappa shape index (κ3) is 5.51. The van der Waals surface area contributed by atoms with Crippen LogP contribution in [0.2, 0.25) is 0 Å². The predicted octanol–water partition coefficient (Wildman–Crippen LogP) is 2.27. The van der Waals surface area contributed by atoms with Crippen molar-refractivity contribution in [2.24, 2.45) is 0 Å². The summed E-state index contributed by atoms with van der Waals surface area (Å²) < 4.78 is 22.1. The first-order valence-electron chi connectivity index (χ1n) is 10.7. The average molecular weight is 503 g/mol. The van der Waals surface area contributed by atoms with Gasteiger partial charge in [0.2, 0.25) is 0 Å². The Balaban J connectivity index is 1.46. The molecule has 0 saturated carbocycles. The summed E-state index contributed by atoms with van der Waals surface area (Å²) in [5, 5.41) is 11.0. The first kappa shape index (κ1) is 24.0. The molecule has 0 aromatic carbocycles. The van der Waals surface area contributed by atoms with Gasteiger partial charge in [-0.05, 0) is 37.4 Å². The van der Waals surface area contributed by atoms with Gasteiger partial charge in [0, 0.05) is 0 Å². The van der Waals surface area contributed by atoms with Crippen LogP contribution < -0.4 is 16.4 Å². The zero-order chi connectivity index (χ0) is 24.9. The summed E-state index contributed by atoms with van der Waals surface area (Å²) in [6.07, 6.45) is -0.189. The molecule has 12 nitrogen and oxygen atoms in total. The van der Waals surface area contributed by atoms with Crippen LogP contribution in [0.5, 0.6) is 0 Å². The third-order valence-corrected chi connectivity index (χ3v) is 5.80. The summed E-state index contributed by atoms with van der Waals surface area (Å²) in [6.45, 7) is 3.01. The van der Waals surface area contributed by atoms with Crippen molar-refractivity contribution in [3.8, 4) is 10.8 Å². The summed E-state index contributed by atoms with van der Waals surface area (Å²) in [6, 6.07) is 5.37. The molecule has 1 atom stereocenters. The number of rotatable bonds is 9. The van der Waals surface area contributed by atoms with E-state index in [-0.39, 0.29) is 36.7 Å². The van der Waals surface area contributed by atoms with E-state index in [1.165, 1.54) is 11.3 Å². The van der Waals surface area contributed by atoms with Gasteiger partial charge in [-0.3, -0.25) is 4.79 Å². The highest BCUT2D eigenvalue weighted by atomic mass is 32.1. The smallest absolute Gasteiger partial charge is 0.437 e. The molecule has 35 heavy (non-hydrogen) atoms. The lowest BCUT2D eigenvalue weighted by Gasteiger charge is -2.27. The number of aryl methyl sites for hydroxylation is 2. The zero-order valence-electron chi connectivity index (χ0n) is 18.9. The van der Waals surface area contributed by atoms with Gasteiger partial charge in [0.1, 0.15) is 24.2 Å². The third-order valence-electron chi connectivity index (χ3n) is 4.94. The Kier molecular flexibility index (Phi) is 7.15. The van der Waals surface area contributed by atoms with Crippen LogP contribution in [0.15, 0.2) is 54.5 Å². The number of carbonyl (C=O) groups is 3. The van der Waals surface area contributed by atoms with Gasteiger partial charge >= 0.3 is 23.7 Å². The molecule has 0 unspecified atom stereocenters. The Labute approximate surface area is 202 Å². The van der Waals surface area contributed by atoms with E-state index in [1.807, 2.05) is 5.38 Å². The molecule has 13 heteroatoms. The van der Waals surface area contributed by atoms with Crippen molar-refractivity contribution in [3.05, 3.63) is 63.0 Å². The lowest BCUT2D eigenvalue weighted by Crippen LogP contribution is -2.47. The SMILES string of the molecule is CCOC(=O)C1=C(COC(=O)CCn2nc(-c3cccs3)oc2=O)NC(=O)N[C@@H]1c1ccc(C)o1. The number of thiophene rings is 1. The van der Waals surface area contributed by atoms with Crippen molar-refractivity contribution in [1.82, 2.24) is 20.4 Å². The highest BCUT2D eigenvalue weighted by Crippen LogP contribution is 2.29. The number of hydrogen-bond acceptors (Lipinski definition) is 10. The van der Waals surface area contributed by atoms with Gasteiger partial charge in [-0.2, -0.15) is 4.68 Å². The number of nitrogens with one attached hydrogen (secondary N) is 2. The predicted molar refractivity (Wildman–Crippen MR) is 121 cm³/mol. The molecule has 4 rings (SSSR count). The average Bonchev–Trinajstić information content (AvgIpc) is 3.57. The van der Waals surface area contributed by atoms with Crippen LogP contribution in [0.1, 0.15) is 30.9 Å². The molecule has 0 aliphatic carbocycles. The van der Waals surface area contributed by atoms with Gasteiger partial charge < -0.3 is 28.9 Å². The topological polar surface area (TPSA) is 155 Å². The second-order valence-corrected chi connectivity index (χ2v) is 8.32. The molecule has 3 aromatic rings. The summed E-state index contributed by atoms with van der Waals surface area (Å²) in [5.74, 6) is -0.979. The molecular formula is C22H22N4O8S. The minimum atomic E-state index is -0.922. The van der Waals surface area contributed by atoms with E-state index in [9.17, 15) is 19.2 Å². The largest absolute Gasteiger partial charge is 0.464 e. The Hall–Kier alpha value is -4.13. The van der Waals surface area contributed by atoms with Gasteiger partial charge in [-0.1, -0.05) is 6.07 Å². The molecule has 3 aromatic heterocycles. The van der Waals surface area contributed by atoms with Crippen LogP contribution in [-0.2, 0) is 25.6 Å². The maximum absolute atomic E-state index is 12.7. The van der Waals surface area contributed by atoms with Gasteiger partial charge in [0.25, 0.3) is 5.89 Å². The first-order chi connectivity index (χ1) is 16.9. The van der Waals surface area contributed by atoms with E-state index >= 15 is 0 Å². The number of hydrogen-bond donors (Lipinski definition) is 2. The van der Waals surface area contributed by atoms with Crippen molar-refractivity contribution >= 4 is 29.3 Å². The number of ether oxygens (including phenoxy) is 2. The number of carbonyl (C=O) groups excluding carboxylic acids is 3. The lowest BCUT2D eigenvalue weighted by atomic mass is 10.0. The molecule has 1 aliphatic heterocycles. The zero-order valence-corrected chi connectivity index (χ0v) is 19.7. The second kappa shape index (κ2) is 10.4. The van der Waals surface area contributed by atoms with Crippen molar-refractivity contribution in [3.63, 3.8) is 0 Å². The minimum absolute atomic E-state index is 0.0573. The number of esters is 2. The molecule has 1 aliphatic rings. The second-order valence-electron chi connectivity index (χ2n) is 7.38.